The number of Topliss-reactive ketones (excluding diaryl/α,β-unsaturated/α-hetero) is 2. The van der Waals surface area contributed by atoms with Gasteiger partial charge in [-0.05, 0) is 20.8 Å². The van der Waals surface area contributed by atoms with E-state index in [1.807, 2.05) is 0 Å². The second kappa shape index (κ2) is 4.99. The minimum Gasteiger partial charge on any atom is -0.489 e. The monoisotopic (exact) mass is 234 g/mol. The quantitative estimate of drug-likeness (QED) is 0.696. The van der Waals surface area contributed by atoms with E-state index >= 15 is 0 Å². The van der Waals surface area contributed by atoms with Gasteiger partial charge in [0.1, 0.15) is 0 Å². The lowest BCUT2D eigenvalue weighted by atomic mass is 9.92. The van der Waals surface area contributed by atoms with E-state index in [0.29, 0.717) is 11.1 Å². The van der Waals surface area contributed by atoms with Crippen molar-refractivity contribution < 1.29 is 19.1 Å². The lowest BCUT2D eigenvalue weighted by molar-refractivity contribution is -0.120. The highest BCUT2D eigenvalue weighted by molar-refractivity contribution is 6.24. The first-order chi connectivity index (χ1) is 7.93. The molecular formula is C13H14O4. The van der Waals surface area contributed by atoms with Crippen molar-refractivity contribution in [3.8, 4) is 0 Å². The van der Waals surface area contributed by atoms with Crippen LogP contribution in [-0.4, -0.2) is 25.8 Å². The highest BCUT2D eigenvalue weighted by atomic mass is 16.5. The molecule has 0 fully saturated rings. The summed E-state index contributed by atoms with van der Waals surface area (Å²) in [5.41, 5.74) is 0.988. The van der Waals surface area contributed by atoms with Crippen molar-refractivity contribution in [3.05, 3.63) is 41.2 Å². The van der Waals surface area contributed by atoms with E-state index in [4.69, 9.17) is 16.4 Å². The normalized spacial score (nSPS) is 17.8. The van der Waals surface area contributed by atoms with Gasteiger partial charge in [-0.3, -0.25) is 9.59 Å². The van der Waals surface area contributed by atoms with Gasteiger partial charge in [0.25, 0.3) is 0 Å². The highest BCUT2D eigenvalue weighted by Gasteiger charge is 2.33. The van der Waals surface area contributed by atoms with E-state index < -0.39 is 5.78 Å². The smallest absolute Gasteiger partial charge is 0.232 e. The molecule has 0 aromatic carbocycles. The molecule has 17 heavy (non-hydrogen) atoms. The molecule has 0 aromatic rings. The van der Waals surface area contributed by atoms with Gasteiger partial charge in [-0.25, -0.2) is 0 Å². The molecule has 0 aromatic heterocycles. The lowest BCUT2D eigenvalue weighted by Gasteiger charge is -2.18. The summed E-state index contributed by atoms with van der Waals surface area (Å²) in [7, 11) is 2.64. The number of allylic oxidation sites excluding steroid dienone is 4. The number of hydrogen-bond acceptors (Lipinski definition) is 4. The number of hydrogen-bond donors (Lipinski definition) is 0. The number of methoxy groups -OCH3 is 2. The van der Waals surface area contributed by atoms with Crippen LogP contribution in [0.5, 0.6) is 0 Å². The van der Waals surface area contributed by atoms with Crippen LogP contribution in [0.1, 0.15) is 13.8 Å². The third kappa shape index (κ3) is 2.30. The number of ketones is 2. The molecule has 4 heteroatoms. The molecule has 0 unspecified atom stereocenters. The number of carbonyl (C=O) groups is 2. The topological polar surface area (TPSA) is 52.6 Å². The Morgan fingerprint density at radius 1 is 1.12 bits per heavy atom. The van der Waals surface area contributed by atoms with Crippen molar-refractivity contribution in [2.75, 3.05) is 14.2 Å². The molecule has 4 nitrogen and oxygen atoms in total. The van der Waals surface area contributed by atoms with Crippen LogP contribution < -0.4 is 0 Å². The van der Waals surface area contributed by atoms with E-state index in [1.165, 1.54) is 20.3 Å². The summed E-state index contributed by atoms with van der Waals surface area (Å²) in [6, 6.07) is 0. The van der Waals surface area contributed by atoms with Gasteiger partial charge in [-0.2, -0.15) is 0 Å². The predicted molar refractivity (Wildman–Crippen MR) is 61.8 cm³/mol. The molecule has 0 bridgehead atoms. The predicted octanol–water partition coefficient (Wildman–Crippen LogP) is 1.62. The van der Waals surface area contributed by atoms with Crippen molar-refractivity contribution in [1.29, 1.82) is 0 Å². The minimum absolute atomic E-state index is 0.0678. The van der Waals surface area contributed by atoms with Crippen molar-refractivity contribution in [2.24, 2.45) is 0 Å². The fraction of sp³-hybridized carbons (Fsp3) is 0.308. The zero-order valence-corrected chi connectivity index (χ0v) is 10.3. The molecule has 1 aliphatic carbocycles. The zero-order valence-electron chi connectivity index (χ0n) is 10.3. The molecule has 0 saturated heterocycles. The molecule has 90 valence electrons. The van der Waals surface area contributed by atoms with E-state index in [9.17, 15) is 9.59 Å². The van der Waals surface area contributed by atoms with Crippen LogP contribution in [-0.2, 0) is 19.1 Å². The molecule has 0 N–H and O–H groups in total. The molecule has 0 saturated carbocycles. The first-order valence-corrected chi connectivity index (χ1v) is 5.00. The molecule has 0 spiro atoms. The van der Waals surface area contributed by atoms with E-state index in [2.05, 4.69) is 0 Å². The number of rotatable bonds is 3. The third-order valence-electron chi connectivity index (χ3n) is 2.39. The molecule has 1 aliphatic rings. The first kappa shape index (κ1) is 13.2. The maximum atomic E-state index is 12.0. The van der Waals surface area contributed by atoms with Gasteiger partial charge in [0.2, 0.25) is 23.1 Å². The van der Waals surface area contributed by atoms with Crippen molar-refractivity contribution >= 4 is 11.6 Å². The molecule has 1 rings (SSSR count). The van der Waals surface area contributed by atoms with Crippen LogP contribution in [0.25, 0.3) is 0 Å². The van der Waals surface area contributed by atoms with Crippen molar-refractivity contribution in [2.45, 2.75) is 13.8 Å². The molecule has 0 aliphatic heterocycles. The zero-order chi connectivity index (χ0) is 13.2. The van der Waals surface area contributed by atoms with Crippen molar-refractivity contribution in [3.63, 3.8) is 0 Å². The average Bonchev–Trinajstić information content (AvgIpc) is 2.28. The van der Waals surface area contributed by atoms with Gasteiger partial charge < -0.3 is 9.47 Å². The van der Waals surface area contributed by atoms with Gasteiger partial charge >= 0.3 is 0 Å². The van der Waals surface area contributed by atoms with Crippen LogP contribution >= 0.6 is 0 Å². The Labute approximate surface area is 101 Å². The SMILES string of the molecule is [CH]/C(C)=C/C1=C(C)C(=O)C(OC)=C(OC)C1=O. The van der Waals surface area contributed by atoms with Crippen LogP contribution in [0.4, 0.5) is 0 Å². The highest BCUT2D eigenvalue weighted by Crippen LogP contribution is 2.26. The standard InChI is InChI=1S/C13H14O4/c1-7(2)6-9-8(3)10(14)12(16-4)13(17-5)11(9)15/h1,6H,2-5H3/b7-6-. The Morgan fingerprint density at radius 2 is 1.59 bits per heavy atom. The Morgan fingerprint density at radius 3 is 2.00 bits per heavy atom. The summed E-state index contributed by atoms with van der Waals surface area (Å²) < 4.78 is 9.82. The summed E-state index contributed by atoms with van der Waals surface area (Å²) in [5.74, 6) is -0.917. The second-order valence-electron chi connectivity index (χ2n) is 3.65. The molecule has 0 heterocycles. The van der Waals surface area contributed by atoms with E-state index in [1.54, 1.807) is 13.8 Å². The summed E-state index contributed by atoms with van der Waals surface area (Å²) >= 11 is 0. The second-order valence-corrected chi connectivity index (χ2v) is 3.65. The molecule has 0 atom stereocenters. The maximum Gasteiger partial charge on any atom is 0.232 e. The lowest BCUT2D eigenvalue weighted by Crippen LogP contribution is -2.24. The van der Waals surface area contributed by atoms with Crippen LogP contribution in [0.3, 0.4) is 0 Å². The third-order valence-corrected chi connectivity index (χ3v) is 2.39. The van der Waals surface area contributed by atoms with Gasteiger partial charge in [-0.1, -0.05) is 11.6 Å². The van der Waals surface area contributed by atoms with Gasteiger partial charge in [0.15, 0.2) is 0 Å². The Bertz CT molecular complexity index is 460. The van der Waals surface area contributed by atoms with E-state index in [0.717, 1.165) is 0 Å². The molecule has 0 amide bonds. The fourth-order valence-corrected chi connectivity index (χ4v) is 1.56. The molecular weight excluding hydrogens is 220 g/mol. The maximum absolute atomic E-state index is 12.0. The average molecular weight is 234 g/mol. The number of ether oxygens (including phenoxy) is 2. The fourth-order valence-electron chi connectivity index (χ4n) is 1.56. The molecule has 2 radical (unpaired) electrons. The van der Waals surface area contributed by atoms with Gasteiger partial charge in [0, 0.05) is 11.1 Å². The minimum atomic E-state index is -0.397. The Hall–Kier alpha value is -1.84. The van der Waals surface area contributed by atoms with Gasteiger partial charge in [-0.15, -0.1) is 0 Å². The number of carbonyl (C=O) groups excluding carboxylic acids is 2. The van der Waals surface area contributed by atoms with Gasteiger partial charge in [0.05, 0.1) is 14.2 Å². The summed E-state index contributed by atoms with van der Waals surface area (Å²) in [4.78, 5) is 24.0. The Balaban J connectivity index is 3.39. The van der Waals surface area contributed by atoms with E-state index in [-0.39, 0.29) is 22.9 Å². The largest absolute Gasteiger partial charge is 0.489 e. The van der Waals surface area contributed by atoms with Crippen LogP contribution in [0, 0.1) is 6.92 Å². The van der Waals surface area contributed by atoms with Crippen molar-refractivity contribution in [1.82, 2.24) is 0 Å². The van der Waals surface area contributed by atoms with Crippen LogP contribution in [0.15, 0.2) is 34.3 Å². The summed E-state index contributed by atoms with van der Waals surface area (Å²) in [6.07, 6.45) is 1.46. The summed E-state index contributed by atoms with van der Waals surface area (Å²) in [5, 5.41) is 0. The summed E-state index contributed by atoms with van der Waals surface area (Å²) in [6.45, 7) is 8.72. The van der Waals surface area contributed by atoms with Crippen LogP contribution in [0.2, 0.25) is 0 Å². The first-order valence-electron chi connectivity index (χ1n) is 5.00. The Kier molecular flexibility index (Phi) is 3.89.